The Morgan fingerprint density at radius 3 is 2.59 bits per heavy atom. The van der Waals surface area contributed by atoms with E-state index >= 15 is 0 Å². The SMILES string of the molecule is CSC(=S)NCC(=O)N1C(=O)N(C)[C@@H](C)[C@H]1c1ccccc1. The number of likely N-dealkylation sites (N-methyl/N-ethyl adjacent to an activating group) is 1. The van der Waals surface area contributed by atoms with Crippen LogP contribution in [0.4, 0.5) is 4.79 Å². The van der Waals surface area contributed by atoms with Crippen LogP contribution in [0.2, 0.25) is 0 Å². The fourth-order valence-electron chi connectivity index (χ4n) is 2.54. The number of imide groups is 1. The number of thioether (sulfide) groups is 1. The molecule has 5 nitrogen and oxygen atoms in total. The van der Waals surface area contributed by atoms with E-state index in [4.69, 9.17) is 12.2 Å². The second-order valence-electron chi connectivity index (χ2n) is 5.10. The molecule has 1 N–H and O–H groups in total. The van der Waals surface area contributed by atoms with Crippen molar-refractivity contribution in [2.45, 2.75) is 19.0 Å². The Balaban J connectivity index is 2.24. The van der Waals surface area contributed by atoms with Crippen LogP contribution in [0.1, 0.15) is 18.5 Å². The number of benzene rings is 1. The second-order valence-corrected chi connectivity index (χ2v) is 6.58. The highest BCUT2D eigenvalue weighted by atomic mass is 32.2. The summed E-state index contributed by atoms with van der Waals surface area (Å²) in [5.41, 5.74) is 0.952. The molecule has 0 spiro atoms. The van der Waals surface area contributed by atoms with Crippen molar-refractivity contribution in [2.75, 3.05) is 19.8 Å². The first-order chi connectivity index (χ1) is 10.5. The van der Waals surface area contributed by atoms with Gasteiger partial charge in [-0.1, -0.05) is 42.5 Å². The number of thiocarbonyl (C=S) groups is 1. The van der Waals surface area contributed by atoms with E-state index in [-0.39, 0.29) is 30.6 Å². The fraction of sp³-hybridized carbons (Fsp3) is 0.400. The molecule has 22 heavy (non-hydrogen) atoms. The minimum absolute atomic E-state index is 0.0231. The number of urea groups is 1. The number of hydrogen-bond donors (Lipinski definition) is 1. The molecule has 1 fully saturated rings. The van der Waals surface area contributed by atoms with Crippen LogP contribution in [-0.4, -0.2) is 51.9 Å². The summed E-state index contributed by atoms with van der Waals surface area (Å²) in [6, 6.07) is 8.98. The topological polar surface area (TPSA) is 52.7 Å². The highest BCUT2D eigenvalue weighted by molar-refractivity contribution is 8.22. The lowest BCUT2D eigenvalue weighted by atomic mass is 10.0. The molecule has 1 aromatic carbocycles. The summed E-state index contributed by atoms with van der Waals surface area (Å²) >= 11 is 6.40. The van der Waals surface area contributed by atoms with Gasteiger partial charge in [0.05, 0.1) is 18.6 Å². The van der Waals surface area contributed by atoms with Gasteiger partial charge in [-0.25, -0.2) is 4.79 Å². The molecule has 1 saturated heterocycles. The van der Waals surface area contributed by atoms with Crippen molar-refractivity contribution in [3.8, 4) is 0 Å². The molecule has 7 heteroatoms. The van der Waals surface area contributed by atoms with Crippen LogP contribution in [-0.2, 0) is 4.79 Å². The molecule has 0 unspecified atom stereocenters. The Labute approximate surface area is 140 Å². The van der Waals surface area contributed by atoms with Gasteiger partial charge in [0.25, 0.3) is 5.91 Å². The molecule has 0 aliphatic carbocycles. The van der Waals surface area contributed by atoms with Crippen LogP contribution in [0.25, 0.3) is 0 Å². The number of amides is 3. The van der Waals surface area contributed by atoms with Crippen LogP contribution >= 0.6 is 24.0 Å². The molecular formula is C15H19N3O2S2. The summed E-state index contributed by atoms with van der Waals surface area (Å²) in [6.45, 7) is 1.97. The lowest BCUT2D eigenvalue weighted by molar-refractivity contribution is -0.128. The number of carbonyl (C=O) groups excluding carboxylic acids is 2. The number of rotatable bonds is 3. The minimum Gasteiger partial charge on any atom is -0.362 e. The molecule has 2 atom stereocenters. The summed E-state index contributed by atoms with van der Waals surface area (Å²) in [5.74, 6) is -0.272. The van der Waals surface area contributed by atoms with Crippen LogP contribution in [0.15, 0.2) is 30.3 Å². The monoisotopic (exact) mass is 337 g/mol. The number of nitrogens with zero attached hydrogens (tertiary/aromatic N) is 2. The number of carbonyl (C=O) groups is 2. The quantitative estimate of drug-likeness (QED) is 0.858. The largest absolute Gasteiger partial charge is 0.362 e. The molecule has 1 aliphatic rings. The van der Waals surface area contributed by atoms with E-state index in [0.717, 1.165) is 5.56 Å². The van der Waals surface area contributed by atoms with Crippen molar-refractivity contribution in [1.82, 2.24) is 15.1 Å². The maximum atomic E-state index is 12.5. The highest BCUT2D eigenvalue weighted by Gasteiger charge is 2.45. The first-order valence-electron chi connectivity index (χ1n) is 6.93. The first-order valence-corrected chi connectivity index (χ1v) is 8.56. The van der Waals surface area contributed by atoms with E-state index in [1.807, 2.05) is 43.5 Å². The average molecular weight is 337 g/mol. The lowest BCUT2D eigenvalue weighted by Gasteiger charge is -2.24. The first kappa shape index (κ1) is 16.8. The van der Waals surface area contributed by atoms with Crippen molar-refractivity contribution in [1.29, 1.82) is 0 Å². The zero-order chi connectivity index (χ0) is 16.3. The molecule has 0 saturated carbocycles. The molecule has 1 aliphatic heterocycles. The zero-order valence-corrected chi connectivity index (χ0v) is 14.4. The van der Waals surface area contributed by atoms with E-state index < -0.39 is 0 Å². The predicted octanol–water partition coefficient (Wildman–Crippen LogP) is 2.25. The van der Waals surface area contributed by atoms with Gasteiger partial charge in [-0.2, -0.15) is 0 Å². The summed E-state index contributed by atoms with van der Waals surface area (Å²) < 4.78 is 0.540. The van der Waals surface area contributed by atoms with Gasteiger partial charge in [0.15, 0.2) is 0 Å². The van der Waals surface area contributed by atoms with Crippen molar-refractivity contribution < 1.29 is 9.59 Å². The molecule has 3 amide bonds. The third-order valence-electron chi connectivity index (χ3n) is 3.83. The highest BCUT2D eigenvalue weighted by Crippen LogP contribution is 2.34. The molecule has 0 radical (unpaired) electrons. The van der Waals surface area contributed by atoms with Crippen molar-refractivity contribution in [3.05, 3.63) is 35.9 Å². The van der Waals surface area contributed by atoms with Gasteiger partial charge in [0, 0.05) is 7.05 Å². The Morgan fingerprint density at radius 2 is 2.00 bits per heavy atom. The van der Waals surface area contributed by atoms with Gasteiger partial charge in [-0.15, -0.1) is 11.8 Å². The normalized spacial score (nSPS) is 21.1. The molecule has 2 rings (SSSR count). The molecule has 0 bridgehead atoms. The average Bonchev–Trinajstić information content (AvgIpc) is 2.77. The van der Waals surface area contributed by atoms with Gasteiger partial charge < -0.3 is 10.2 Å². The fourth-order valence-corrected chi connectivity index (χ4v) is 2.82. The van der Waals surface area contributed by atoms with E-state index in [2.05, 4.69) is 5.32 Å². The van der Waals surface area contributed by atoms with Gasteiger partial charge in [0.2, 0.25) is 0 Å². The summed E-state index contributed by atoms with van der Waals surface area (Å²) in [7, 11) is 1.72. The Hall–Kier alpha value is -1.60. The van der Waals surface area contributed by atoms with Gasteiger partial charge >= 0.3 is 6.03 Å². The Kier molecular flexibility index (Phi) is 5.42. The van der Waals surface area contributed by atoms with Crippen LogP contribution in [0.3, 0.4) is 0 Å². The van der Waals surface area contributed by atoms with Gasteiger partial charge in [0.1, 0.15) is 4.32 Å². The smallest absolute Gasteiger partial charge is 0.327 e. The molecule has 1 aromatic rings. The maximum Gasteiger partial charge on any atom is 0.327 e. The van der Waals surface area contributed by atoms with Crippen molar-refractivity contribution in [2.24, 2.45) is 0 Å². The summed E-state index contributed by atoms with van der Waals surface area (Å²) in [5, 5.41) is 2.86. The van der Waals surface area contributed by atoms with Crippen LogP contribution in [0.5, 0.6) is 0 Å². The summed E-state index contributed by atoms with van der Waals surface area (Å²) in [6.07, 6.45) is 1.84. The molecule has 0 aromatic heterocycles. The van der Waals surface area contributed by atoms with E-state index in [9.17, 15) is 9.59 Å². The van der Waals surface area contributed by atoms with E-state index in [1.54, 1.807) is 11.9 Å². The zero-order valence-electron chi connectivity index (χ0n) is 12.8. The van der Waals surface area contributed by atoms with Crippen molar-refractivity contribution in [3.63, 3.8) is 0 Å². The summed E-state index contributed by atoms with van der Waals surface area (Å²) in [4.78, 5) is 27.8. The molecular weight excluding hydrogens is 318 g/mol. The lowest BCUT2D eigenvalue weighted by Crippen LogP contribution is -2.42. The number of nitrogens with one attached hydrogen (secondary N) is 1. The van der Waals surface area contributed by atoms with E-state index in [1.165, 1.54) is 16.7 Å². The number of hydrogen-bond acceptors (Lipinski definition) is 4. The van der Waals surface area contributed by atoms with Crippen LogP contribution in [0, 0.1) is 0 Å². The Bertz CT molecular complexity index is 579. The minimum atomic E-state index is -0.282. The second kappa shape index (κ2) is 7.11. The predicted molar refractivity (Wildman–Crippen MR) is 92.8 cm³/mol. The molecule has 1 heterocycles. The van der Waals surface area contributed by atoms with E-state index in [0.29, 0.717) is 4.32 Å². The maximum absolute atomic E-state index is 12.5. The molecule has 118 valence electrons. The van der Waals surface area contributed by atoms with Crippen LogP contribution < -0.4 is 5.32 Å². The van der Waals surface area contributed by atoms with Crippen molar-refractivity contribution >= 4 is 40.2 Å². The third-order valence-corrected chi connectivity index (χ3v) is 4.99. The van der Waals surface area contributed by atoms with Gasteiger partial charge in [-0.3, -0.25) is 9.69 Å². The third kappa shape index (κ3) is 3.25. The Morgan fingerprint density at radius 1 is 1.36 bits per heavy atom. The standard InChI is InChI=1S/C15H19N3O2S2/c1-10-13(11-7-5-4-6-8-11)18(15(20)17(10)2)12(19)9-16-14(21)22-3/h4-8,10,13H,9H2,1-3H3,(H,16,21)/t10-,13-/m0/s1. The van der Waals surface area contributed by atoms with Gasteiger partial charge in [-0.05, 0) is 18.7 Å².